The number of nitrogens with one attached hydrogen (secondary N) is 3. The van der Waals surface area contributed by atoms with Gasteiger partial charge in [0.2, 0.25) is 5.69 Å². The summed E-state index contributed by atoms with van der Waals surface area (Å²) in [7, 11) is 3.73. The minimum atomic E-state index is -0.601. The van der Waals surface area contributed by atoms with E-state index in [4.69, 9.17) is 10.8 Å². The highest BCUT2D eigenvalue weighted by Crippen LogP contribution is 2.29. The molecule has 0 atom stereocenters. The molecule has 176 valence electrons. The highest BCUT2D eigenvalue weighted by atomic mass is 16.5. The van der Waals surface area contributed by atoms with Crippen LogP contribution in [-0.4, -0.2) is 58.2 Å². The summed E-state index contributed by atoms with van der Waals surface area (Å²) in [5, 5.41) is 40.5. The fourth-order valence-electron chi connectivity index (χ4n) is 4.15. The Kier molecular flexibility index (Phi) is 7.17. The van der Waals surface area contributed by atoms with E-state index in [1.807, 2.05) is 38.2 Å². The fourth-order valence-corrected chi connectivity index (χ4v) is 4.15. The normalized spacial score (nSPS) is 24.2. The Balaban J connectivity index is 1.79. The molecule has 0 bridgehead atoms. The van der Waals surface area contributed by atoms with Crippen LogP contribution >= 0.6 is 0 Å². The third-order valence-electron chi connectivity index (χ3n) is 6.30. The maximum absolute atomic E-state index is 12.8. The Labute approximate surface area is 194 Å². The molecule has 0 amide bonds. The number of hydrogen-bond donors (Lipinski definition) is 5. The van der Waals surface area contributed by atoms with Crippen molar-refractivity contribution in [1.82, 2.24) is 10.2 Å². The molecule has 1 heterocycles. The molecule has 8 heteroatoms. The van der Waals surface area contributed by atoms with Gasteiger partial charge < -0.3 is 26.1 Å². The Bertz CT molecular complexity index is 1060. The van der Waals surface area contributed by atoms with Gasteiger partial charge in [0.05, 0.1) is 17.0 Å². The number of Topliss-reactive ketones (excluding diaryl/α,β-unsaturated/α-hetero) is 1. The molecule has 1 aromatic rings. The molecule has 0 aliphatic heterocycles. The van der Waals surface area contributed by atoms with Crippen molar-refractivity contribution >= 4 is 17.2 Å². The minimum absolute atomic E-state index is 0.0464. The van der Waals surface area contributed by atoms with Crippen molar-refractivity contribution in [3.05, 3.63) is 64.8 Å². The van der Waals surface area contributed by atoms with Gasteiger partial charge in [0.15, 0.2) is 0 Å². The number of nitrogens with zero attached hydrogens (tertiary/aromatic N) is 2. The smallest absolute Gasteiger partial charge is 0.306 e. The third kappa shape index (κ3) is 5.76. The molecular weight excluding hydrogens is 418 g/mol. The lowest BCUT2D eigenvalue weighted by atomic mass is 9.83. The van der Waals surface area contributed by atoms with Crippen molar-refractivity contribution in [1.29, 1.82) is 10.8 Å². The number of aromatic nitrogens is 1. The van der Waals surface area contributed by atoms with Gasteiger partial charge in [0, 0.05) is 67.8 Å². The molecule has 1 saturated carbocycles. The van der Waals surface area contributed by atoms with Crippen molar-refractivity contribution in [2.75, 3.05) is 14.1 Å². The molecule has 1 fully saturated rings. The summed E-state index contributed by atoms with van der Waals surface area (Å²) in [6, 6.07) is 5.09. The van der Waals surface area contributed by atoms with E-state index in [0.717, 1.165) is 41.7 Å². The lowest BCUT2D eigenvalue weighted by molar-refractivity contribution is -0.909. The monoisotopic (exact) mass is 452 g/mol. The van der Waals surface area contributed by atoms with Gasteiger partial charge in [-0.15, -0.1) is 0 Å². The number of aryl methyl sites for hydroxylation is 1. The molecule has 3 rings (SSSR count). The van der Waals surface area contributed by atoms with Crippen LogP contribution in [0, 0.1) is 17.7 Å². The van der Waals surface area contributed by atoms with E-state index in [0.29, 0.717) is 17.0 Å². The number of rotatable bonds is 7. The fraction of sp³-hybridized carbons (Fsp3) is 0.440. The molecule has 0 saturated heterocycles. The molecule has 33 heavy (non-hydrogen) atoms. The number of pyridine rings is 1. The molecule has 0 aromatic carbocycles. The van der Waals surface area contributed by atoms with Gasteiger partial charge in [-0.25, -0.2) is 0 Å². The first-order valence-electron chi connectivity index (χ1n) is 11.2. The lowest BCUT2D eigenvalue weighted by Crippen LogP contribution is -2.42. The van der Waals surface area contributed by atoms with Crippen LogP contribution in [0.5, 0.6) is 0 Å². The van der Waals surface area contributed by atoms with Gasteiger partial charge >= 0.3 is 5.69 Å². The van der Waals surface area contributed by atoms with Crippen molar-refractivity contribution in [2.24, 2.45) is 0 Å². The zero-order valence-electron chi connectivity index (χ0n) is 19.8. The number of likely N-dealkylation sites (N-methyl/N-ethyl adjacent to an activating group) is 1. The predicted octanol–water partition coefficient (Wildman–Crippen LogP) is 2.68. The highest BCUT2D eigenvalue weighted by Gasteiger charge is 2.29. The molecule has 2 aliphatic rings. The van der Waals surface area contributed by atoms with Gasteiger partial charge in [-0.1, -0.05) is 0 Å². The van der Waals surface area contributed by atoms with Crippen LogP contribution < -0.4 is 10.0 Å². The highest BCUT2D eigenvalue weighted by molar-refractivity contribution is 6.44. The summed E-state index contributed by atoms with van der Waals surface area (Å²) in [6.45, 7) is 3.55. The van der Waals surface area contributed by atoms with Gasteiger partial charge in [-0.2, -0.15) is 0 Å². The van der Waals surface area contributed by atoms with Crippen LogP contribution in [0.4, 0.5) is 0 Å². The second kappa shape index (κ2) is 9.70. The third-order valence-corrected chi connectivity index (χ3v) is 6.30. The van der Waals surface area contributed by atoms with E-state index in [1.54, 1.807) is 25.1 Å². The largest absolute Gasteiger partial charge is 0.390 e. The average Bonchev–Trinajstić information content (AvgIpc) is 2.75. The Morgan fingerprint density at radius 1 is 1.30 bits per heavy atom. The van der Waals surface area contributed by atoms with E-state index in [9.17, 15) is 15.1 Å². The van der Waals surface area contributed by atoms with Gasteiger partial charge in [0.1, 0.15) is 0 Å². The summed E-state index contributed by atoms with van der Waals surface area (Å²) in [5.41, 5.74) is 2.37. The van der Waals surface area contributed by atoms with Crippen molar-refractivity contribution in [3.63, 3.8) is 0 Å². The molecule has 5 N–H and O–H groups in total. The number of ketones is 1. The van der Waals surface area contributed by atoms with Crippen molar-refractivity contribution in [3.8, 4) is 0 Å². The van der Waals surface area contributed by atoms with Crippen LogP contribution in [0.15, 0.2) is 53.4 Å². The molecule has 0 radical (unpaired) electrons. The lowest BCUT2D eigenvalue weighted by Gasteiger charge is -2.33. The van der Waals surface area contributed by atoms with E-state index in [2.05, 4.69) is 5.32 Å². The van der Waals surface area contributed by atoms with Crippen molar-refractivity contribution < 1.29 is 19.8 Å². The van der Waals surface area contributed by atoms with Crippen LogP contribution in [0.25, 0.3) is 0 Å². The zero-order valence-corrected chi connectivity index (χ0v) is 19.8. The Morgan fingerprint density at radius 2 is 1.97 bits per heavy atom. The summed E-state index contributed by atoms with van der Waals surface area (Å²) in [4.78, 5) is 14.7. The predicted molar refractivity (Wildman–Crippen MR) is 127 cm³/mol. The standard InChI is InChI=1S/C25H34N5O3/c1-16-6-5-7-22(30(16)33)24(31)21(27)13-17-12-18(20(26)14-23(17)29(3)4)15-28-19-8-10-25(2,32)11-9-19/h5-7,12,14-15,19,26-28,32-33H,8-11,13H2,1-4H3/q+1/b18-15-,26-20?,27-21?. The topological polar surface area (TPSA) is 124 Å². The molecule has 2 aliphatic carbocycles. The first-order valence-corrected chi connectivity index (χ1v) is 11.2. The number of carbonyl (C=O) groups excluding carboxylic acids is 1. The maximum atomic E-state index is 12.8. The van der Waals surface area contributed by atoms with Crippen LogP contribution in [0.3, 0.4) is 0 Å². The van der Waals surface area contributed by atoms with Crippen LogP contribution in [-0.2, 0) is 0 Å². The molecule has 0 unspecified atom stereocenters. The second-order valence-electron chi connectivity index (χ2n) is 9.39. The first kappa shape index (κ1) is 24.4. The number of hydrogen-bond acceptors (Lipinski definition) is 7. The van der Waals surface area contributed by atoms with Crippen LogP contribution in [0.2, 0.25) is 0 Å². The van der Waals surface area contributed by atoms with Gasteiger partial charge in [0.25, 0.3) is 5.78 Å². The van der Waals surface area contributed by atoms with Crippen LogP contribution in [0.1, 0.15) is 55.2 Å². The molecular formula is C25H34N5O3+. The van der Waals surface area contributed by atoms with E-state index in [1.165, 1.54) is 6.07 Å². The second-order valence-corrected chi connectivity index (χ2v) is 9.39. The molecule has 8 nitrogen and oxygen atoms in total. The summed E-state index contributed by atoms with van der Waals surface area (Å²) < 4.78 is 0.807. The first-order chi connectivity index (χ1) is 15.5. The minimum Gasteiger partial charge on any atom is -0.390 e. The average molecular weight is 453 g/mol. The van der Waals surface area contributed by atoms with Gasteiger partial charge in [-0.05, 0) is 56.4 Å². The zero-order chi connectivity index (χ0) is 24.3. The Hall–Kier alpha value is -3.26. The van der Waals surface area contributed by atoms with E-state index >= 15 is 0 Å². The summed E-state index contributed by atoms with van der Waals surface area (Å²) in [6.07, 6.45) is 8.67. The molecule has 1 aromatic heterocycles. The van der Waals surface area contributed by atoms with E-state index < -0.39 is 11.4 Å². The van der Waals surface area contributed by atoms with Crippen molar-refractivity contribution in [2.45, 2.75) is 57.6 Å². The number of carbonyl (C=O) groups is 1. The maximum Gasteiger partial charge on any atom is 0.306 e. The summed E-state index contributed by atoms with van der Waals surface area (Å²) in [5.74, 6) is -0.543. The summed E-state index contributed by atoms with van der Waals surface area (Å²) >= 11 is 0. The number of aliphatic hydroxyl groups is 1. The SMILES string of the molecule is Cc1cccc(C(=O)C(=N)CC2=C/C(=C/NC3CCC(C)(O)CC3)C(=N)C=C2N(C)C)[n+]1O. The number of allylic oxidation sites excluding steroid dienone is 4. The molecule has 0 spiro atoms. The van der Waals surface area contributed by atoms with Gasteiger partial charge in [-0.3, -0.25) is 10.0 Å². The Morgan fingerprint density at radius 3 is 2.61 bits per heavy atom. The van der Waals surface area contributed by atoms with E-state index in [-0.39, 0.29) is 23.9 Å². The quantitative estimate of drug-likeness (QED) is 0.188.